The van der Waals surface area contributed by atoms with E-state index in [1.165, 1.54) is 30.3 Å². The zero-order valence-corrected chi connectivity index (χ0v) is 13.5. The number of nitro benzene ring substituents is 1. The minimum Gasteiger partial charge on any atom is -0.468 e. The van der Waals surface area contributed by atoms with Gasteiger partial charge in [0.15, 0.2) is 0 Å². The molecule has 0 N–H and O–H groups in total. The van der Waals surface area contributed by atoms with Gasteiger partial charge in [0.05, 0.1) is 22.6 Å². The molecule has 0 spiro atoms. The van der Waals surface area contributed by atoms with Crippen LogP contribution in [0.4, 0.5) is 11.4 Å². The van der Waals surface area contributed by atoms with Gasteiger partial charge in [-0.1, -0.05) is 24.3 Å². The van der Waals surface area contributed by atoms with E-state index >= 15 is 0 Å². The number of nitrogens with zero attached hydrogens (tertiary/aromatic N) is 2. The van der Waals surface area contributed by atoms with Gasteiger partial charge in [0.1, 0.15) is 6.54 Å². The fourth-order valence-corrected chi connectivity index (χ4v) is 3.43. The number of rotatable bonds is 6. The van der Waals surface area contributed by atoms with Crippen molar-refractivity contribution in [3.63, 3.8) is 0 Å². The average Bonchev–Trinajstić information content (AvgIpc) is 2.60. The molecule has 0 aromatic heterocycles. The van der Waals surface area contributed by atoms with Crippen LogP contribution in [-0.2, 0) is 19.6 Å². The van der Waals surface area contributed by atoms with E-state index in [-0.39, 0.29) is 16.3 Å². The molecule has 0 unspecified atom stereocenters. The lowest BCUT2D eigenvalue weighted by molar-refractivity contribution is -0.385. The Bertz CT molecular complexity index is 851. The lowest BCUT2D eigenvalue weighted by atomic mass is 10.3. The van der Waals surface area contributed by atoms with E-state index in [0.717, 1.165) is 17.5 Å². The summed E-state index contributed by atoms with van der Waals surface area (Å²) >= 11 is 0. The number of non-ortho nitro benzene ring substituents is 1. The number of hydrogen-bond acceptors (Lipinski definition) is 6. The second-order valence-electron chi connectivity index (χ2n) is 4.68. The standard InChI is InChI=1S/C15H14N2O6S/c1-23-15(18)11-16(12-6-3-2-4-7-12)24(21,22)14-9-5-8-13(10-14)17(19)20/h2-10H,11H2,1H3. The molecule has 0 aliphatic heterocycles. The van der Waals surface area contributed by atoms with Crippen LogP contribution in [0.1, 0.15) is 0 Å². The van der Waals surface area contributed by atoms with Gasteiger partial charge in [-0.2, -0.15) is 0 Å². The van der Waals surface area contributed by atoms with Crippen LogP contribution in [0.25, 0.3) is 0 Å². The molecule has 0 heterocycles. The molecule has 9 heteroatoms. The first kappa shape index (κ1) is 17.4. The second-order valence-corrected chi connectivity index (χ2v) is 6.54. The molecular formula is C15H14N2O6S. The van der Waals surface area contributed by atoms with Gasteiger partial charge in [0.2, 0.25) is 0 Å². The molecule has 0 aliphatic carbocycles. The highest BCUT2D eigenvalue weighted by atomic mass is 32.2. The number of hydrogen-bond donors (Lipinski definition) is 0. The quantitative estimate of drug-likeness (QED) is 0.448. The molecule has 8 nitrogen and oxygen atoms in total. The van der Waals surface area contributed by atoms with Gasteiger partial charge in [-0.3, -0.25) is 19.2 Å². The van der Waals surface area contributed by atoms with Crippen molar-refractivity contribution < 1.29 is 22.9 Å². The van der Waals surface area contributed by atoms with E-state index in [0.29, 0.717) is 0 Å². The lowest BCUT2D eigenvalue weighted by Gasteiger charge is -2.23. The highest BCUT2D eigenvalue weighted by Crippen LogP contribution is 2.25. The Morgan fingerprint density at radius 3 is 2.42 bits per heavy atom. The van der Waals surface area contributed by atoms with E-state index in [1.807, 2.05) is 0 Å². The third-order valence-electron chi connectivity index (χ3n) is 3.16. The lowest BCUT2D eigenvalue weighted by Crippen LogP contribution is -2.36. The molecule has 0 bridgehead atoms. The number of methoxy groups -OCH3 is 1. The van der Waals surface area contributed by atoms with Crippen LogP contribution in [-0.4, -0.2) is 33.0 Å². The Morgan fingerprint density at radius 2 is 1.83 bits per heavy atom. The molecule has 126 valence electrons. The summed E-state index contributed by atoms with van der Waals surface area (Å²) in [5.74, 6) is -0.757. The van der Waals surface area contributed by atoms with Crippen molar-refractivity contribution in [3.05, 3.63) is 64.7 Å². The summed E-state index contributed by atoms with van der Waals surface area (Å²) in [6, 6.07) is 12.6. The summed E-state index contributed by atoms with van der Waals surface area (Å²) in [6.07, 6.45) is 0. The maximum atomic E-state index is 12.9. The molecule has 2 aromatic rings. The first-order chi connectivity index (χ1) is 11.4. The van der Waals surface area contributed by atoms with Gasteiger partial charge in [0.25, 0.3) is 15.7 Å². The Balaban J connectivity index is 2.53. The van der Waals surface area contributed by atoms with Crippen LogP contribution in [0.5, 0.6) is 0 Å². The topological polar surface area (TPSA) is 107 Å². The summed E-state index contributed by atoms with van der Waals surface area (Å²) in [5.41, 5.74) is -0.114. The van der Waals surface area contributed by atoms with E-state index in [2.05, 4.69) is 4.74 Å². The van der Waals surface area contributed by atoms with E-state index in [4.69, 9.17) is 0 Å². The van der Waals surface area contributed by atoms with Crippen LogP contribution in [0.3, 0.4) is 0 Å². The van der Waals surface area contributed by atoms with Gasteiger partial charge in [-0.15, -0.1) is 0 Å². The van der Waals surface area contributed by atoms with E-state index in [9.17, 15) is 23.3 Å². The van der Waals surface area contributed by atoms with Crippen LogP contribution in [0, 0.1) is 10.1 Å². The summed E-state index contributed by atoms with van der Waals surface area (Å²) < 4.78 is 31.1. The van der Waals surface area contributed by atoms with Gasteiger partial charge in [-0.25, -0.2) is 8.42 Å². The largest absolute Gasteiger partial charge is 0.468 e. The molecule has 0 amide bonds. The van der Waals surface area contributed by atoms with Crippen LogP contribution >= 0.6 is 0 Å². The predicted octanol–water partition coefficient (Wildman–Crippen LogP) is 1.96. The number of nitro groups is 1. The molecule has 2 aromatic carbocycles. The first-order valence-corrected chi connectivity index (χ1v) is 8.19. The number of sulfonamides is 1. The van der Waals surface area contributed by atoms with E-state index in [1.54, 1.807) is 18.2 Å². The normalized spacial score (nSPS) is 10.9. The molecule has 24 heavy (non-hydrogen) atoms. The predicted molar refractivity (Wildman–Crippen MR) is 86.1 cm³/mol. The minimum atomic E-state index is -4.19. The van der Waals surface area contributed by atoms with Crippen molar-refractivity contribution in [3.8, 4) is 0 Å². The molecule has 0 radical (unpaired) electrons. The first-order valence-electron chi connectivity index (χ1n) is 6.75. The van der Waals surface area contributed by atoms with Crippen molar-refractivity contribution in [2.75, 3.05) is 18.0 Å². The molecule has 0 saturated carbocycles. The number of anilines is 1. The molecule has 0 fully saturated rings. The minimum absolute atomic E-state index is 0.245. The smallest absolute Gasteiger partial charge is 0.326 e. The number of ether oxygens (including phenoxy) is 1. The molecular weight excluding hydrogens is 336 g/mol. The molecule has 2 rings (SSSR count). The number of esters is 1. The fraction of sp³-hybridized carbons (Fsp3) is 0.133. The Labute approximate surface area is 138 Å². The average molecular weight is 350 g/mol. The SMILES string of the molecule is COC(=O)CN(c1ccccc1)S(=O)(=O)c1cccc([N+](=O)[O-])c1. The number of carbonyl (C=O) groups is 1. The second kappa shape index (κ2) is 7.09. The van der Waals surface area contributed by atoms with Gasteiger partial charge < -0.3 is 4.74 Å². The van der Waals surface area contributed by atoms with E-state index < -0.39 is 27.5 Å². The summed E-state index contributed by atoms with van der Waals surface area (Å²) in [6.45, 7) is -0.550. The number of benzene rings is 2. The fourth-order valence-electron chi connectivity index (χ4n) is 1.98. The number of para-hydroxylation sites is 1. The maximum Gasteiger partial charge on any atom is 0.326 e. The van der Waals surface area contributed by atoms with Crippen LogP contribution in [0.2, 0.25) is 0 Å². The molecule has 0 atom stereocenters. The third kappa shape index (κ3) is 3.69. The van der Waals surface area contributed by atoms with Crippen molar-refractivity contribution >= 4 is 27.4 Å². The Morgan fingerprint density at radius 1 is 1.17 bits per heavy atom. The Hall–Kier alpha value is -2.94. The van der Waals surface area contributed by atoms with Crippen molar-refractivity contribution in [1.82, 2.24) is 0 Å². The summed E-state index contributed by atoms with van der Waals surface area (Å²) in [5, 5.41) is 10.9. The van der Waals surface area contributed by atoms with Gasteiger partial charge >= 0.3 is 5.97 Å². The number of carbonyl (C=O) groups excluding carboxylic acids is 1. The van der Waals surface area contributed by atoms with Gasteiger partial charge in [0, 0.05) is 12.1 Å². The molecule has 0 aliphatic rings. The summed E-state index contributed by atoms with van der Waals surface area (Å²) in [7, 11) is -3.04. The van der Waals surface area contributed by atoms with Crippen molar-refractivity contribution in [1.29, 1.82) is 0 Å². The highest BCUT2D eigenvalue weighted by molar-refractivity contribution is 7.92. The zero-order chi connectivity index (χ0) is 17.7. The molecule has 0 saturated heterocycles. The monoisotopic (exact) mass is 350 g/mol. The third-order valence-corrected chi connectivity index (χ3v) is 4.93. The maximum absolute atomic E-state index is 12.9. The zero-order valence-electron chi connectivity index (χ0n) is 12.7. The Kier molecular flexibility index (Phi) is 5.14. The summed E-state index contributed by atoms with van der Waals surface area (Å²) in [4.78, 5) is 21.5. The van der Waals surface area contributed by atoms with Gasteiger partial charge in [-0.05, 0) is 18.2 Å². The van der Waals surface area contributed by atoms with Crippen molar-refractivity contribution in [2.24, 2.45) is 0 Å². The highest BCUT2D eigenvalue weighted by Gasteiger charge is 2.28. The van der Waals surface area contributed by atoms with Crippen molar-refractivity contribution in [2.45, 2.75) is 4.90 Å². The van der Waals surface area contributed by atoms with Crippen LogP contribution < -0.4 is 4.31 Å². The van der Waals surface area contributed by atoms with Crippen LogP contribution in [0.15, 0.2) is 59.5 Å².